The van der Waals surface area contributed by atoms with Gasteiger partial charge in [0.2, 0.25) is 0 Å². The Hall–Kier alpha value is -1.83. The summed E-state index contributed by atoms with van der Waals surface area (Å²) in [5.74, 6) is -0.404. The molecule has 0 amide bonds. The first-order valence-corrected chi connectivity index (χ1v) is 5.87. The van der Waals surface area contributed by atoms with Gasteiger partial charge in [0.15, 0.2) is 6.10 Å². The lowest BCUT2D eigenvalue weighted by Crippen LogP contribution is -2.21. The van der Waals surface area contributed by atoms with Crippen LogP contribution < -0.4 is 0 Å². The third-order valence-electron chi connectivity index (χ3n) is 2.47. The topological polar surface area (TPSA) is 46.5 Å². The molecule has 0 saturated heterocycles. The number of hydrogen-bond donors (Lipinski definition) is 1. The second-order valence-corrected chi connectivity index (χ2v) is 4.00. The molecule has 0 spiro atoms. The molecule has 1 unspecified atom stereocenters. The molecule has 1 aromatic carbocycles. The van der Waals surface area contributed by atoms with Gasteiger partial charge in [0.25, 0.3) is 0 Å². The van der Waals surface area contributed by atoms with E-state index in [1.165, 1.54) is 12.5 Å². The van der Waals surface area contributed by atoms with E-state index in [-0.39, 0.29) is 6.61 Å². The molecule has 0 saturated carbocycles. The number of carbonyl (C=O) groups is 1. The van der Waals surface area contributed by atoms with Crippen LogP contribution in [0, 0.1) is 0 Å². The summed E-state index contributed by atoms with van der Waals surface area (Å²) in [5, 5.41) is 9.11. The van der Waals surface area contributed by atoms with Gasteiger partial charge in [-0.25, -0.2) is 0 Å². The largest absolute Gasteiger partial charge is 0.455 e. The van der Waals surface area contributed by atoms with Crippen LogP contribution in [-0.2, 0) is 16.0 Å². The Balaban J connectivity index is 2.66. The van der Waals surface area contributed by atoms with Gasteiger partial charge in [0, 0.05) is 12.5 Å². The van der Waals surface area contributed by atoms with Crippen LogP contribution in [0.5, 0.6) is 0 Å². The minimum Gasteiger partial charge on any atom is -0.455 e. The van der Waals surface area contributed by atoms with Crippen LogP contribution in [0.15, 0.2) is 47.7 Å². The number of hydrogen-bond acceptors (Lipinski definition) is 3. The molecule has 0 aliphatic carbocycles. The predicted molar refractivity (Wildman–Crippen MR) is 70.1 cm³/mol. The highest BCUT2D eigenvalue weighted by molar-refractivity contribution is 5.66. The molecule has 3 heteroatoms. The highest BCUT2D eigenvalue weighted by atomic mass is 16.5. The van der Waals surface area contributed by atoms with Gasteiger partial charge < -0.3 is 9.84 Å². The molecule has 96 valence electrons. The standard InChI is InChI=1S/C15H18O3/c1-12(15(11-16)18-13(2)17)7-6-10-14-8-4-3-5-9-14/h3-6,8-9,15-16H,10-11H2,1-2H3. The van der Waals surface area contributed by atoms with E-state index in [0.29, 0.717) is 5.57 Å². The molecule has 1 N–H and O–H groups in total. The maximum atomic E-state index is 10.8. The van der Waals surface area contributed by atoms with Crippen LogP contribution in [-0.4, -0.2) is 23.8 Å². The van der Waals surface area contributed by atoms with Gasteiger partial charge in [-0.3, -0.25) is 4.79 Å². The molecule has 0 aliphatic rings. The lowest BCUT2D eigenvalue weighted by atomic mass is 10.1. The van der Waals surface area contributed by atoms with E-state index in [0.717, 1.165) is 6.42 Å². The number of rotatable bonds is 5. The van der Waals surface area contributed by atoms with E-state index in [1.807, 2.05) is 36.4 Å². The smallest absolute Gasteiger partial charge is 0.303 e. The molecular formula is C15H18O3. The number of carbonyl (C=O) groups excluding carboxylic acids is 1. The fourth-order valence-corrected chi connectivity index (χ4v) is 1.50. The molecule has 1 rings (SSSR count). The lowest BCUT2D eigenvalue weighted by molar-refractivity contribution is -0.146. The zero-order valence-corrected chi connectivity index (χ0v) is 10.7. The normalized spacial score (nSPS) is 11.3. The summed E-state index contributed by atoms with van der Waals surface area (Å²) in [7, 11) is 0. The maximum absolute atomic E-state index is 10.8. The summed E-state index contributed by atoms with van der Waals surface area (Å²) in [5.41, 5.74) is 4.94. The van der Waals surface area contributed by atoms with Gasteiger partial charge in [0.05, 0.1) is 6.61 Å². The van der Waals surface area contributed by atoms with Crippen molar-refractivity contribution in [3.8, 4) is 0 Å². The first kappa shape index (κ1) is 14.2. The monoisotopic (exact) mass is 246 g/mol. The minimum absolute atomic E-state index is 0.225. The molecule has 0 radical (unpaired) electrons. The van der Waals surface area contributed by atoms with E-state index in [1.54, 1.807) is 6.92 Å². The van der Waals surface area contributed by atoms with Crippen molar-refractivity contribution in [1.29, 1.82) is 0 Å². The zero-order valence-electron chi connectivity index (χ0n) is 10.7. The molecule has 0 heterocycles. The van der Waals surface area contributed by atoms with Crippen LogP contribution >= 0.6 is 0 Å². The van der Waals surface area contributed by atoms with E-state index in [2.05, 4.69) is 5.73 Å². The van der Waals surface area contributed by atoms with Gasteiger partial charge >= 0.3 is 5.97 Å². The number of aliphatic hydroxyl groups is 1. The molecule has 0 fully saturated rings. The second-order valence-electron chi connectivity index (χ2n) is 4.00. The van der Waals surface area contributed by atoms with Gasteiger partial charge in [0.1, 0.15) is 0 Å². The average Bonchev–Trinajstić information content (AvgIpc) is 2.36. The SMILES string of the molecule is CC(=O)OC(CO)C(C)=C=CCc1ccccc1. The number of esters is 1. The van der Waals surface area contributed by atoms with Crippen molar-refractivity contribution in [3.63, 3.8) is 0 Å². The number of benzene rings is 1. The molecule has 0 aliphatic heterocycles. The van der Waals surface area contributed by atoms with Gasteiger partial charge in [-0.2, -0.15) is 0 Å². The van der Waals surface area contributed by atoms with Crippen molar-refractivity contribution >= 4 is 5.97 Å². The molecule has 18 heavy (non-hydrogen) atoms. The molecule has 1 atom stereocenters. The molecule has 1 aromatic rings. The van der Waals surface area contributed by atoms with Crippen molar-refractivity contribution in [3.05, 3.63) is 53.3 Å². The zero-order chi connectivity index (χ0) is 13.4. The van der Waals surface area contributed by atoms with Crippen molar-refractivity contribution in [2.75, 3.05) is 6.61 Å². The first-order chi connectivity index (χ1) is 8.63. The fourth-order valence-electron chi connectivity index (χ4n) is 1.50. The first-order valence-electron chi connectivity index (χ1n) is 5.87. The Bertz CT molecular complexity index is 442. The average molecular weight is 246 g/mol. The third kappa shape index (κ3) is 5.00. The van der Waals surface area contributed by atoms with Crippen LogP contribution in [0.25, 0.3) is 0 Å². The van der Waals surface area contributed by atoms with E-state index in [4.69, 9.17) is 9.84 Å². The highest BCUT2D eigenvalue weighted by Crippen LogP contribution is 2.05. The van der Waals surface area contributed by atoms with Crippen molar-refractivity contribution in [1.82, 2.24) is 0 Å². The third-order valence-corrected chi connectivity index (χ3v) is 2.47. The van der Waals surface area contributed by atoms with Crippen LogP contribution in [0.4, 0.5) is 0 Å². The molecule has 0 aromatic heterocycles. The van der Waals surface area contributed by atoms with E-state index >= 15 is 0 Å². The maximum Gasteiger partial charge on any atom is 0.303 e. The molecule has 0 bridgehead atoms. The summed E-state index contributed by atoms with van der Waals surface area (Å²) in [4.78, 5) is 10.8. The number of ether oxygens (including phenoxy) is 1. The Kier molecular flexibility index (Phi) is 5.92. The Morgan fingerprint density at radius 2 is 2.06 bits per heavy atom. The Morgan fingerprint density at radius 1 is 1.39 bits per heavy atom. The van der Waals surface area contributed by atoms with Crippen LogP contribution in [0.3, 0.4) is 0 Å². The van der Waals surface area contributed by atoms with Gasteiger partial charge in [-0.15, -0.1) is 5.73 Å². The van der Waals surface area contributed by atoms with Crippen molar-refractivity contribution < 1.29 is 14.6 Å². The Labute approximate surface area is 107 Å². The summed E-state index contributed by atoms with van der Waals surface area (Å²) in [6, 6.07) is 9.99. The summed E-state index contributed by atoms with van der Waals surface area (Å²) in [6.45, 7) is 2.88. The second kappa shape index (κ2) is 7.49. The van der Waals surface area contributed by atoms with E-state index in [9.17, 15) is 4.79 Å². The van der Waals surface area contributed by atoms with Crippen LogP contribution in [0.1, 0.15) is 19.4 Å². The van der Waals surface area contributed by atoms with E-state index < -0.39 is 12.1 Å². The summed E-state index contributed by atoms with van der Waals surface area (Å²) >= 11 is 0. The minimum atomic E-state index is -0.602. The Morgan fingerprint density at radius 3 is 2.61 bits per heavy atom. The van der Waals surface area contributed by atoms with Crippen molar-refractivity contribution in [2.45, 2.75) is 26.4 Å². The van der Waals surface area contributed by atoms with Gasteiger partial charge in [-0.05, 0) is 25.0 Å². The quantitative estimate of drug-likeness (QED) is 0.640. The summed E-state index contributed by atoms with van der Waals surface area (Å²) in [6.07, 6.45) is 2.03. The lowest BCUT2D eigenvalue weighted by Gasteiger charge is -2.12. The molecular weight excluding hydrogens is 228 g/mol. The number of aliphatic hydroxyl groups excluding tert-OH is 1. The molecule has 3 nitrogen and oxygen atoms in total. The highest BCUT2D eigenvalue weighted by Gasteiger charge is 2.11. The predicted octanol–water partition coefficient (Wildman–Crippen LogP) is 2.25. The van der Waals surface area contributed by atoms with Crippen LogP contribution in [0.2, 0.25) is 0 Å². The van der Waals surface area contributed by atoms with Gasteiger partial charge in [-0.1, -0.05) is 30.3 Å². The fraction of sp³-hybridized carbons (Fsp3) is 0.333. The van der Waals surface area contributed by atoms with Crippen molar-refractivity contribution in [2.24, 2.45) is 0 Å². The summed E-state index contributed by atoms with van der Waals surface area (Å²) < 4.78 is 4.96.